The van der Waals surface area contributed by atoms with Gasteiger partial charge in [-0.1, -0.05) is 43.7 Å². The van der Waals surface area contributed by atoms with Crippen molar-refractivity contribution in [2.45, 2.75) is 70.0 Å². The topological polar surface area (TPSA) is 27.7 Å². The molecule has 7 heteroatoms. The Labute approximate surface area is 205 Å². The smallest absolute Gasteiger partial charge is 0.254 e. The highest BCUT2D eigenvalue weighted by Crippen LogP contribution is 2.44. The molecule has 0 spiro atoms. The summed E-state index contributed by atoms with van der Waals surface area (Å²) in [5.74, 6) is -3.33. The van der Waals surface area contributed by atoms with Crippen molar-refractivity contribution < 1.29 is 32.1 Å². The largest absolute Gasteiger partial charge is 0.494 e. The van der Waals surface area contributed by atoms with Crippen LogP contribution in [0.15, 0.2) is 42.5 Å². The van der Waals surface area contributed by atoms with Gasteiger partial charge in [0.1, 0.15) is 0 Å². The van der Waals surface area contributed by atoms with Gasteiger partial charge in [0.2, 0.25) is 0 Å². The van der Waals surface area contributed by atoms with E-state index in [0.29, 0.717) is 24.3 Å². The van der Waals surface area contributed by atoms with Gasteiger partial charge in [0.15, 0.2) is 17.9 Å². The summed E-state index contributed by atoms with van der Waals surface area (Å²) in [6.45, 7) is 3.62. The molecule has 2 aromatic rings. The summed E-state index contributed by atoms with van der Waals surface area (Å²) >= 11 is 0. The maximum absolute atomic E-state index is 15.0. The average Bonchev–Trinajstić information content (AvgIpc) is 2.85. The monoisotopic (exact) mass is 496 g/mol. The van der Waals surface area contributed by atoms with Crippen LogP contribution in [0.3, 0.4) is 0 Å². The van der Waals surface area contributed by atoms with Crippen LogP contribution in [0.4, 0.5) is 17.9 Å². The second-order valence-electron chi connectivity index (χ2n) is 9.78. The van der Waals surface area contributed by atoms with Crippen molar-refractivity contribution in [2.24, 2.45) is 11.8 Å². The molecule has 35 heavy (non-hydrogen) atoms. The van der Waals surface area contributed by atoms with E-state index in [-0.39, 0.29) is 22.7 Å². The van der Waals surface area contributed by atoms with E-state index in [1.165, 1.54) is 24.8 Å². The zero-order valence-corrected chi connectivity index (χ0v) is 20.5. The van der Waals surface area contributed by atoms with E-state index < -0.39 is 24.1 Å². The number of rotatable bonds is 8. The lowest BCUT2D eigenvalue weighted by Crippen LogP contribution is -2.33. The highest BCUT2D eigenvalue weighted by molar-refractivity contribution is 5.30. The Bertz CT molecular complexity index is 918. The molecule has 194 valence electrons. The van der Waals surface area contributed by atoms with Gasteiger partial charge < -0.3 is 14.2 Å². The first-order valence-corrected chi connectivity index (χ1v) is 12.4. The molecule has 1 aliphatic carbocycles. The number of ether oxygens (including phenoxy) is 3. The van der Waals surface area contributed by atoms with Crippen molar-refractivity contribution in [3.63, 3.8) is 0 Å². The van der Waals surface area contributed by atoms with Crippen molar-refractivity contribution in [2.75, 3.05) is 20.3 Å². The van der Waals surface area contributed by atoms with E-state index in [2.05, 4.69) is 19.1 Å². The summed E-state index contributed by atoms with van der Waals surface area (Å²) in [5, 5.41) is 0. The van der Waals surface area contributed by atoms with Gasteiger partial charge in [0.25, 0.3) is 5.92 Å². The molecule has 1 aliphatic heterocycles. The molecule has 1 heterocycles. The van der Waals surface area contributed by atoms with Gasteiger partial charge in [-0.2, -0.15) is 0 Å². The summed E-state index contributed by atoms with van der Waals surface area (Å²) < 4.78 is 60.6. The molecule has 0 unspecified atom stereocenters. The molecule has 1 saturated heterocycles. The minimum Gasteiger partial charge on any atom is -0.494 e. The predicted molar refractivity (Wildman–Crippen MR) is 128 cm³/mol. The van der Waals surface area contributed by atoms with Crippen LogP contribution in [0.1, 0.15) is 74.3 Å². The van der Waals surface area contributed by atoms with Crippen molar-refractivity contribution in [1.82, 2.24) is 0 Å². The second kappa shape index (κ2) is 12.2. The van der Waals surface area contributed by atoms with Crippen LogP contribution in [-0.4, -0.2) is 26.2 Å². The van der Waals surface area contributed by atoms with Crippen molar-refractivity contribution in [1.29, 1.82) is 0 Å². The molecule has 0 bridgehead atoms. The molecule has 4 rings (SSSR count). The van der Waals surface area contributed by atoms with Gasteiger partial charge in [-0.25, -0.2) is 13.2 Å². The van der Waals surface area contributed by atoms with Crippen LogP contribution in [-0.2, 0) is 15.9 Å². The van der Waals surface area contributed by atoms with E-state index in [1.54, 1.807) is 0 Å². The van der Waals surface area contributed by atoms with Crippen molar-refractivity contribution >= 4 is 0 Å². The number of hydrogen-bond acceptors (Lipinski definition) is 3. The minimum atomic E-state index is -2.86. The van der Waals surface area contributed by atoms with Crippen LogP contribution >= 0.6 is 0 Å². The van der Waals surface area contributed by atoms with Gasteiger partial charge in [-0.3, -0.25) is 4.70 Å². The summed E-state index contributed by atoms with van der Waals surface area (Å²) in [7, 11) is 1.36. The van der Waals surface area contributed by atoms with E-state index in [0.717, 1.165) is 50.5 Å². The molecular weight excluding hydrogens is 460 g/mol. The Morgan fingerprint density at radius 1 is 0.943 bits per heavy atom. The van der Waals surface area contributed by atoms with Gasteiger partial charge in [-0.05, 0) is 61.3 Å². The van der Waals surface area contributed by atoms with Gasteiger partial charge in [0.05, 0.1) is 20.3 Å². The predicted octanol–water partition coefficient (Wildman–Crippen LogP) is 7.60. The molecule has 2 fully saturated rings. The first-order valence-electron chi connectivity index (χ1n) is 12.4. The first kappa shape index (κ1) is 27.5. The quantitative estimate of drug-likeness (QED) is 0.352. The lowest BCUT2D eigenvalue weighted by Gasteiger charge is -2.34. The zero-order valence-electron chi connectivity index (χ0n) is 20.5. The third kappa shape index (κ3) is 6.76. The fraction of sp³-hybridized carbons (Fsp3) is 0.571. The Balaban J connectivity index is 0.00000342. The summed E-state index contributed by atoms with van der Waals surface area (Å²) in [6, 6.07) is 12.3. The zero-order chi connectivity index (χ0) is 24.1. The Morgan fingerprint density at radius 3 is 2.14 bits per heavy atom. The number of benzene rings is 2. The molecule has 0 amide bonds. The van der Waals surface area contributed by atoms with Gasteiger partial charge in [0, 0.05) is 23.8 Å². The van der Waals surface area contributed by atoms with Crippen LogP contribution < -0.4 is 4.74 Å². The van der Waals surface area contributed by atoms with Crippen LogP contribution in [0.5, 0.6) is 5.75 Å². The first-order chi connectivity index (χ1) is 16.4. The summed E-state index contributed by atoms with van der Waals surface area (Å²) in [5.41, 5.74) is 2.49. The van der Waals surface area contributed by atoms with E-state index >= 15 is 0 Å². The highest BCUT2D eigenvalue weighted by Gasteiger charge is 2.41. The van der Waals surface area contributed by atoms with Gasteiger partial charge in [-0.15, -0.1) is 0 Å². The van der Waals surface area contributed by atoms with E-state index in [9.17, 15) is 13.2 Å². The standard InChI is InChI=1S/C28H35F3O3.FH/c1-3-4-20-17-33-27(34-18-20)23-8-6-21(7-9-23)22-10-12-24(13-11-22)28(30,31)16-19-5-14-26(32-2)25(29)15-19;/h5-9,14-15,20,22,24,27H,3-4,10-13,16-18H2,1-2H3;1H. The van der Waals surface area contributed by atoms with Crippen LogP contribution in [0.2, 0.25) is 0 Å². The fourth-order valence-electron chi connectivity index (χ4n) is 5.32. The molecule has 1 saturated carbocycles. The Morgan fingerprint density at radius 2 is 1.57 bits per heavy atom. The number of hydrogen-bond donors (Lipinski definition) is 0. The molecule has 2 aliphatic rings. The molecule has 0 radical (unpaired) electrons. The van der Waals surface area contributed by atoms with Crippen LogP contribution in [0.25, 0.3) is 0 Å². The minimum absolute atomic E-state index is 0. The Kier molecular flexibility index (Phi) is 9.59. The summed E-state index contributed by atoms with van der Waals surface area (Å²) in [6.07, 6.45) is 3.86. The van der Waals surface area contributed by atoms with E-state index in [4.69, 9.17) is 14.2 Å². The lowest BCUT2D eigenvalue weighted by molar-refractivity contribution is -0.206. The second-order valence-corrected chi connectivity index (χ2v) is 9.78. The molecule has 3 nitrogen and oxygen atoms in total. The third-order valence-corrected chi connectivity index (χ3v) is 7.32. The molecule has 0 N–H and O–H groups in total. The number of halogens is 4. The SMILES string of the molecule is CCCC1COC(c2ccc(C3CCC(C(F)(F)Cc4ccc(OC)c(F)c4)CC3)cc2)OC1.F. The normalized spacial score (nSPS) is 25.1. The van der Waals surface area contributed by atoms with E-state index in [1.807, 2.05) is 12.1 Å². The molecule has 0 atom stereocenters. The molecule has 0 aromatic heterocycles. The fourth-order valence-corrected chi connectivity index (χ4v) is 5.32. The van der Waals surface area contributed by atoms with Crippen molar-refractivity contribution in [3.05, 3.63) is 65.0 Å². The molecular formula is C28H36F4O3. The lowest BCUT2D eigenvalue weighted by atomic mass is 9.75. The number of methoxy groups -OCH3 is 1. The van der Waals surface area contributed by atoms with Crippen LogP contribution in [0, 0.1) is 17.7 Å². The van der Waals surface area contributed by atoms with Crippen molar-refractivity contribution in [3.8, 4) is 5.75 Å². The number of alkyl halides is 2. The highest BCUT2D eigenvalue weighted by atomic mass is 19.3. The summed E-state index contributed by atoms with van der Waals surface area (Å²) in [4.78, 5) is 0. The van der Waals surface area contributed by atoms with Gasteiger partial charge >= 0.3 is 0 Å². The molecule has 2 aromatic carbocycles. The maximum atomic E-state index is 15.0. The third-order valence-electron chi connectivity index (χ3n) is 7.32. The maximum Gasteiger partial charge on any atom is 0.254 e. The Hall–Kier alpha value is -2.12. The average molecular weight is 497 g/mol.